The van der Waals surface area contributed by atoms with Crippen molar-refractivity contribution < 1.29 is 9.59 Å². The second-order valence-corrected chi connectivity index (χ2v) is 7.04. The third kappa shape index (κ3) is 3.87. The van der Waals surface area contributed by atoms with Gasteiger partial charge in [-0.1, -0.05) is 30.3 Å². The third-order valence-corrected chi connectivity index (χ3v) is 4.86. The van der Waals surface area contributed by atoms with E-state index in [4.69, 9.17) is 0 Å². The first-order valence-electron chi connectivity index (χ1n) is 9.24. The van der Waals surface area contributed by atoms with Gasteiger partial charge in [0.1, 0.15) is 6.04 Å². The number of benzene rings is 2. The molecule has 0 spiro atoms. The molecule has 5 heteroatoms. The fourth-order valence-electron chi connectivity index (χ4n) is 3.29. The number of carbonyl (C=O) groups excluding carboxylic acids is 2. The minimum Gasteiger partial charge on any atom is -0.370 e. The lowest BCUT2D eigenvalue weighted by Crippen LogP contribution is -2.34. The van der Waals surface area contributed by atoms with E-state index < -0.39 is 6.04 Å². The van der Waals surface area contributed by atoms with Crippen molar-refractivity contribution in [2.45, 2.75) is 44.2 Å². The molecule has 1 atom stereocenters. The van der Waals surface area contributed by atoms with Crippen LogP contribution in [0.1, 0.15) is 42.9 Å². The molecule has 1 aliphatic heterocycles. The van der Waals surface area contributed by atoms with Crippen LogP contribution in [0.5, 0.6) is 0 Å². The van der Waals surface area contributed by atoms with E-state index in [0.717, 1.165) is 48.2 Å². The topological polar surface area (TPSA) is 70.2 Å². The molecule has 1 aliphatic carbocycles. The molecule has 0 bridgehead atoms. The largest absolute Gasteiger partial charge is 0.370 e. The van der Waals surface area contributed by atoms with Crippen molar-refractivity contribution >= 4 is 23.2 Å². The van der Waals surface area contributed by atoms with Crippen LogP contribution in [0.2, 0.25) is 0 Å². The third-order valence-electron chi connectivity index (χ3n) is 4.86. The number of fused-ring (bicyclic) bond motifs is 1. The molecule has 0 radical (unpaired) electrons. The predicted octanol–water partition coefficient (Wildman–Crippen LogP) is 3.39. The van der Waals surface area contributed by atoms with E-state index in [-0.39, 0.29) is 11.8 Å². The van der Waals surface area contributed by atoms with Crippen molar-refractivity contribution in [1.29, 1.82) is 0 Å². The molecule has 0 saturated heterocycles. The lowest BCUT2D eigenvalue weighted by Gasteiger charge is -2.21. The van der Waals surface area contributed by atoms with Crippen LogP contribution in [0.15, 0.2) is 48.5 Å². The maximum Gasteiger partial charge on any atom is 0.247 e. The van der Waals surface area contributed by atoms with E-state index >= 15 is 0 Å². The summed E-state index contributed by atoms with van der Waals surface area (Å²) < 4.78 is 0. The molecule has 4 rings (SSSR count). The van der Waals surface area contributed by atoms with E-state index in [1.165, 1.54) is 0 Å². The van der Waals surface area contributed by atoms with Crippen molar-refractivity contribution in [3.05, 3.63) is 59.7 Å². The summed E-state index contributed by atoms with van der Waals surface area (Å²) in [7, 11) is 0. The van der Waals surface area contributed by atoms with Crippen LogP contribution in [0.4, 0.5) is 11.4 Å². The molecule has 0 unspecified atom stereocenters. The molecule has 1 fully saturated rings. The van der Waals surface area contributed by atoms with Gasteiger partial charge in [-0.3, -0.25) is 9.59 Å². The van der Waals surface area contributed by atoms with Crippen LogP contribution in [0.3, 0.4) is 0 Å². The molecule has 1 saturated carbocycles. The Morgan fingerprint density at radius 2 is 1.88 bits per heavy atom. The van der Waals surface area contributed by atoms with Gasteiger partial charge in [0.2, 0.25) is 11.8 Å². The minimum atomic E-state index is -0.435. The lowest BCUT2D eigenvalue weighted by atomic mass is 10.0. The van der Waals surface area contributed by atoms with Crippen LogP contribution in [0.25, 0.3) is 0 Å². The summed E-state index contributed by atoms with van der Waals surface area (Å²) in [5.41, 5.74) is 3.81. The van der Waals surface area contributed by atoms with Crippen LogP contribution in [-0.2, 0) is 16.0 Å². The Kier molecular flexibility index (Phi) is 4.61. The van der Waals surface area contributed by atoms with Crippen LogP contribution >= 0.6 is 0 Å². The van der Waals surface area contributed by atoms with Crippen LogP contribution < -0.4 is 16.0 Å². The number of amides is 2. The van der Waals surface area contributed by atoms with Crippen LogP contribution in [0, 0.1) is 0 Å². The first-order valence-corrected chi connectivity index (χ1v) is 9.24. The van der Waals surface area contributed by atoms with Crippen molar-refractivity contribution in [2.24, 2.45) is 0 Å². The second-order valence-electron chi connectivity index (χ2n) is 7.04. The van der Waals surface area contributed by atoms with Gasteiger partial charge in [-0.15, -0.1) is 0 Å². The second kappa shape index (κ2) is 7.20. The van der Waals surface area contributed by atoms with Crippen LogP contribution in [-0.4, -0.2) is 17.9 Å². The van der Waals surface area contributed by atoms with Crippen molar-refractivity contribution in [2.75, 3.05) is 10.6 Å². The molecule has 3 N–H and O–H groups in total. The molecule has 2 aliphatic rings. The van der Waals surface area contributed by atoms with Crippen molar-refractivity contribution in [3.63, 3.8) is 0 Å². The van der Waals surface area contributed by atoms with Gasteiger partial charge < -0.3 is 16.0 Å². The van der Waals surface area contributed by atoms with E-state index in [1.54, 1.807) is 0 Å². The van der Waals surface area contributed by atoms with Gasteiger partial charge in [-0.2, -0.15) is 0 Å². The Hall–Kier alpha value is -2.82. The van der Waals surface area contributed by atoms with E-state index in [9.17, 15) is 9.59 Å². The molecular formula is C21H23N3O2. The van der Waals surface area contributed by atoms with Gasteiger partial charge in [-0.05, 0) is 55.0 Å². The predicted molar refractivity (Wildman–Crippen MR) is 102 cm³/mol. The highest BCUT2D eigenvalue weighted by molar-refractivity contribution is 5.93. The lowest BCUT2D eigenvalue weighted by molar-refractivity contribution is -0.122. The molecule has 2 aromatic carbocycles. The summed E-state index contributed by atoms with van der Waals surface area (Å²) in [4.78, 5) is 24.5. The van der Waals surface area contributed by atoms with Gasteiger partial charge in [0.25, 0.3) is 0 Å². The Balaban J connectivity index is 1.58. The fraction of sp³-hybridized carbons (Fsp3) is 0.333. The maximum atomic E-state index is 12.8. The van der Waals surface area contributed by atoms with E-state index in [0.29, 0.717) is 12.5 Å². The van der Waals surface area contributed by atoms with Gasteiger partial charge in [0.05, 0.1) is 0 Å². The zero-order valence-corrected chi connectivity index (χ0v) is 14.6. The van der Waals surface area contributed by atoms with Crippen molar-refractivity contribution in [1.82, 2.24) is 5.32 Å². The fourth-order valence-corrected chi connectivity index (χ4v) is 3.29. The Morgan fingerprint density at radius 3 is 2.65 bits per heavy atom. The molecular weight excluding hydrogens is 326 g/mol. The number of anilines is 2. The van der Waals surface area contributed by atoms with E-state index in [1.807, 2.05) is 48.5 Å². The maximum absolute atomic E-state index is 12.8. The molecule has 1 heterocycles. The number of nitrogens with one attached hydrogen (secondary N) is 3. The van der Waals surface area contributed by atoms with E-state index in [2.05, 4.69) is 16.0 Å². The number of hydrogen-bond acceptors (Lipinski definition) is 3. The SMILES string of the molecule is O=C1CCCc2cc(N[C@@H](C(=O)NC3CC3)c3ccccc3)ccc2N1. The Bertz CT molecular complexity index is 815. The minimum absolute atomic E-state index is 0.00180. The summed E-state index contributed by atoms with van der Waals surface area (Å²) in [6.07, 6.45) is 4.37. The highest BCUT2D eigenvalue weighted by Crippen LogP contribution is 2.28. The van der Waals surface area contributed by atoms with Gasteiger partial charge in [0.15, 0.2) is 0 Å². The highest BCUT2D eigenvalue weighted by atomic mass is 16.2. The van der Waals surface area contributed by atoms with Crippen molar-refractivity contribution in [3.8, 4) is 0 Å². The number of carbonyl (C=O) groups is 2. The zero-order valence-electron chi connectivity index (χ0n) is 14.6. The average Bonchev–Trinajstić information content (AvgIpc) is 3.47. The number of aryl methyl sites for hydroxylation is 1. The summed E-state index contributed by atoms with van der Waals surface area (Å²) in [6, 6.07) is 15.5. The number of hydrogen-bond donors (Lipinski definition) is 3. The molecule has 2 amide bonds. The number of rotatable bonds is 5. The molecule has 2 aromatic rings. The zero-order chi connectivity index (χ0) is 17.9. The quantitative estimate of drug-likeness (QED) is 0.775. The molecule has 0 aromatic heterocycles. The molecule has 26 heavy (non-hydrogen) atoms. The summed E-state index contributed by atoms with van der Waals surface area (Å²) in [6.45, 7) is 0. The van der Waals surface area contributed by atoms with Gasteiger partial charge in [0, 0.05) is 23.8 Å². The first-order chi connectivity index (χ1) is 12.7. The summed E-state index contributed by atoms with van der Waals surface area (Å²) >= 11 is 0. The van der Waals surface area contributed by atoms with Gasteiger partial charge >= 0.3 is 0 Å². The smallest absolute Gasteiger partial charge is 0.247 e. The Morgan fingerprint density at radius 1 is 1.08 bits per heavy atom. The highest BCUT2D eigenvalue weighted by Gasteiger charge is 2.28. The standard InChI is InChI=1S/C21H23N3O2/c25-19-8-4-7-15-13-17(11-12-18(15)24-19)22-20(14-5-2-1-3-6-14)21(26)23-16-9-10-16/h1-3,5-6,11-13,16,20,22H,4,7-10H2,(H,23,26)(H,24,25)/t20-/m1/s1. The normalized spacial score (nSPS) is 17.5. The first kappa shape index (κ1) is 16.6. The average molecular weight is 349 g/mol. The molecule has 5 nitrogen and oxygen atoms in total. The summed E-state index contributed by atoms with van der Waals surface area (Å²) in [5.74, 6) is 0.0670. The summed E-state index contributed by atoms with van der Waals surface area (Å²) in [5, 5.41) is 9.42. The Labute approximate surface area is 153 Å². The monoisotopic (exact) mass is 349 g/mol. The molecule has 134 valence electrons. The van der Waals surface area contributed by atoms with Gasteiger partial charge in [-0.25, -0.2) is 0 Å².